The Morgan fingerprint density at radius 3 is 2.97 bits per heavy atom. The summed E-state index contributed by atoms with van der Waals surface area (Å²) in [6, 6.07) is 7.53. The second-order valence-corrected chi connectivity index (χ2v) is 7.89. The maximum Gasteiger partial charge on any atom is 0.401 e. The predicted octanol–water partition coefficient (Wildman–Crippen LogP) is 2.70. The smallest absolute Gasteiger partial charge is 0.401 e. The van der Waals surface area contributed by atoms with Gasteiger partial charge in [0.15, 0.2) is 12.5 Å². The molecule has 178 valence electrons. The highest BCUT2D eigenvalue weighted by Gasteiger charge is 2.32. The van der Waals surface area contributed by atoms with E-state index in [1.54, 1.807) is 0 Å². The number of nitrogens with zero attached hydrogens (tertiary/aromatic N) is 3. The molecule has 0 saturated carbocycles. The predicted molar refractivity (Wildman–Crippen MR) is 115 cm³/mol. The van der Waals surface area contributed by atoms with Gasteiger partial charge in [-0.2, -0.15) is 23.1 Å². The SMILES string of the molecule is Cc1cccc(Nc2nc(N3CCCC3COCNCC(F)(F)F)nc3c2C(=O)NCO3)c1. The zero-order chi connectivity index (χ0) is 23.4. The number of carbonyl (C=O) groups excluding carboxylic acids is 1. The first kappa shape index (κ1) is 23.1. The molecule has 1 saturated heterocycles. The fourth-order valence-corrected chi connectivity index (χ4v) is 3.81. The molecule has 1 unspecified atom stereocenters. The molecule has 12 heteroatoms. The van der Waals surface area contributed by atoms with Crippen molar-refractivity contribution in [1.82, 2.24) is 20.6 Å². The largest absolute Gasteiger partial charge is 0.456 e. The van der Waals surface area contributed by atoms with Crippen LogP contribution in [0.2, 0.25) is 0 Å². The summed E-state index contributed by atoms with van der Waals surface area (Å²) in [5.41, 5.74) is 2.02. The van der Waals surface area contributed by atoms with Gasteiger partial charge in [0.2, 0.25) is 11.8 Å². The van der Waals surface area contributed by atoms with Crippen LogP contribution in [-0.2, 0) is 4.74 Å². The maximum absolute atomic E-state index is 12.5. The van der Waals surface area contributed by atoms with Crippen molar-refractivity contribution < 1.29 is 27.4 Å². The van der Waals surface area contributed by atoms with Crippen molar-refractivity contribution in [1.29, 1.82) is 0 Å². The molecule has 4 rings (SSSR count). The second-order valence-electron chi connectivity index (χ2n) is 7.89. The van der Waals surface area contributed by atoms with Crippen molar-refractivity contribution in [3.05, 3.63) is 35.4 Å². The van der Waals surface area contributed by atoms with Crippen molar-refractivity contribution in [2.45, 2.75) is 32.0 Å². The molecule has 1 amide bonds. The molecule has 1 aromatic heterocycles. The van der Waals surface area contributed by atoms with Crippen LogP contribution in [0.3, 0.4) is 0 Å². The van der Waals surface area contributed by atoms with Crippen molar-refractivity contribution in [2.75, 3.05) is 43.4 Å². The summed E-state index contributed by atoms with van der Waals surface area (Å²) >= 11 is 0. The van der Waals surface area contributed by atoms with E-state index in [9.17, 15) is 18.0 Å². The van der Waals surface area contributed by atoms with Gasteiger partial charge in [0, 0.05) is 12.2 Å². The highest BCUT2D eigenvalue weighted by Crippen LogP contribution is 2.33. The molecule has 0 aliphatic carbocycles. The lowest BCUT2D eigenvalue weighted by Gasteiger charge is -2.27. The van der Waals surface area contributed by atoms with Crippen LogP contribution in [-0.4, -0.2) is 61.3 Å². The highest BCUT2D eigenvalue weighted by molar-refractivity contribution is 6.02. The number of amides is 1. The number of aryl methyl sites for hydroxylation is 1. The lowest BCUT2D eigenvalue weighted by Crippen LogP contribution is -2.38. The van der Waals surface area contributed by atoms with Gasteiger partial charge >= 0.3 is 6.18 Å². The standard InChI is InChI=1S/C21H25F3N6O3/c1-13-4-2-5-14(8-13)27-17-16-18(31)26-12-33-19(16)29-20(28-17)30-7-3-6-15(30)9-32-11-25-10-21(22,23)24/h2,4-5,8,15,25H,3,6-7,9-12H2,1H3,(H,26,31)(H,27,28,29). The topological polar surface area (TPSA) is 101 Å². The van der Waals surface area contributed by atoms with Crippen LogP contribution >= 0.6 is 0 Å². The van der Waals surface area contributed by atoms with Crippen molar-refractivity contribution >= 4 is 23.4 Å². The van der Waals surface area contributed by atoms with Crippen LogP contribution in [0.1, 0.15) is 28.8 Å². The van der Waals surface area contributed by atoms with E-state index in [1.807, 2.05) is 36.1 Å². The van der Waals surface area contributed by atoms with Gasteiger partial charge in [-0.25, -0.2) is 0 Å². The van der Waals surface area contributed by atoms with Gasteiger partial charge in [-0.05, 0) is 37.5 Å². The Morgan fingerprint density at radius 1 is 1.33 bits per heavy atom. The Balaban J connectivity index is 1.52. The van der Waals surface area contributed by atoms with Gasteiger partial charge in [0.1, 0.15) is 5.56 Å². The first-order valence-electron chi connectivity index (χ1n) is 10.6. The first-order valence-corrected chi connectivity index (χ1v) is 10.6. The lowest BCUT2D eigenvalue weighted by molar-refractivity contribution is -0.128. The number of rotatable bonds is 8. The minimum absolute atomic E-state index is 0.00356. The zero-order valence-corrected chi connectivity index (χ0v) is 18.0. The Hall–Kier alpha value is -3.12. The number of nitrogens with one attached hydrogen (secondary N) is 3. The minimum atomic E-state index is -4.29. The molecule has 2 aliphatic heterocycles. The lowest BCUT2D eigenvalue weighted by atomic mass is 10.2. The number of hydrogen-bond acceptors (Lipinski definition) is 8. The molecule has 0 spiro atoms. The number of halogens is 3. The molecular formula is C21H25F3N6O3. The second kappa shape index (κ2) is 9.79. The molecule has 33 heavy (non-hydrogen) atoms. The van der Waals surface area contributed by atoms with Gasteiger partial charge in [0.05, 0.1) is 25.9 Å². The summed E-state index contributed by atoms with van der Waals surface area (Å²) in [5, 5.41) is 8.03. The van der Waals surface area contributed by atoms with Crippen LogP contribution in [0.15, 0.2) is 24.3 Å². The van der Waals surface area contributed by atoms with Gasteiger partial charge in [-0.3, -0.25) is 10.1 Å². The molecule has 1 atom stereocenters. The molecule has 3 N–H and O–H groups in total. The minimum Gasteiger partial charge on any atom is -0.456 e. The van der Waals surface area contributed by atoms with Crippen LogP contribution < -0.4 is 25.6 Å². The summed E-state index contributed by atoms with van der Waals surface area (Å²) in [5.74, 6) is 0.525. The summed E-state index contributed by atoms with van der Waals surface area (Å²) in [4.78, 5) is 23.5. The third kappa shape index (κ3) is 5.82. The molecule has 0 radical (unpaired) electrons. The van der Waals surface area contributed by atoms with Crippen LogP contribution in [0.4, 0.5) is 30.6 Å². The van der Waals surface area contributed by atoms with Crippen LogP contribution in [0.5, 0.6) is 5.88 Å². The maximum atomic E-state index is 12.5. The van der Waals surface area contributed by atoms with Crippen LogP contribution in [0.25, 0.3) is 0 Å². The van der Waals surface area contributed by atoms with Crippen LogP contribution in [0, 0.1) is 6.92 Å². The number of ether oxygens (including phenoxy) is 2. The Morgan fingerprint density at radius 2 is 2.18 bits per heavy atom. The molecule has 2 aliphatic rings. The van der Waals surface area contributed by atoms with Gasteiger partial charge in [-0.1, -0.05) is 12.1 Å². The quantitative estimate of drug-likeness (QED) is 0.403. The van der Waals surface area contributed by atoms with E-state index in [0.717, 1.165) is 24.1 Å². The van der Waals surface area contributed by atoms with Crippen molar-refractivity contribution in [3.8, 4) is 5.88 Å². The molecule has 3 heterocycles. The first-order chi connectivity index (χ1) is 15.8. The fraction of sp³-hybridized carbons (Fsp3) is 0.476. The molecule has 2 aromatic rings. The van der Waals surface area contributed by atoms with E-state index in [1.165, 1.54) is 0 Å². The number of benzene rings is 1. The number of hydrogen-bond donors (Lipinski definition) is 3. The van der Waals surface area contributed by atoms with E-state index in [2.05, 4.69) is 25.9 Å². The summed E-state index contributed by atoms with van der Waals surface area (Å²) in [6.07, 6.45) is -2.65. The van der Waals surface area contributed by atoms with Gasteiger partial charge < -0.3 is 25.0 Å². The summed E-state index contributed by atoms with van der Waals surface area (Å²) in [7, 11) is 0. The monoisotopic (exact) mass is 466 g/mol. The van der Waals surface area contributed by atoms with E-state index >= 15 is 0 Å². The molecular weight excluding hydrogens is 441 g/mol. The number of alkyl halides is 3. The molecule has 1 fully saturated rings. The van der Waals surface area contributed by atoms with Gasteiger partial charge in [-0.15, -0.1) is 0 Å². The third-order valence-electron chi connectivity index (χ3n) is 5.29. The van der Waals surface area contributed by atoms with E-state index in [-0.39, 0.29) is 43.5 Å². The van der Waals surface area contributed by atoms with E-state index in [0.29, 0.717) is 18.3 Å². The zero-order valence-electron chi connectivity index (χ0n) is 18.0. The average molecular weight is 466 g/mol. The fourth-order valence-electron chi connectivity index (χ4n) is 3.81. The van der Waals surface area contributed by atoms with Crippen molar-refractivity contribution in [3.63, 3.8) is 0 Å². The molecule has 0 bridgehead atoms. The number of aromatic nitrogens is 2. The highest BCUT2D eigenvalue weighted by atomic mass is 19.4. The molecule has 1 aromatic carbocycles. The summed E-state index contributed by atoms with van der Waals surface area (Å²) < 4.78 is 47.8. The number of carbonyl (C=O) groups is 1. The Bertz CT molecular complexity index is 1000. The van der Waals surface area contributed by atoms with Crippen molar-refractivity contribution in [2.24, 2.45) is 0 Å². The molecule has 9 nitrogen and oxygen atoms in total. The Labute approximate surface area is 188 Å². The van der Waals surface area contributed by atoms with E-state index in [4.69, 9.17) is 9.47 Å². The normalized spacial score (nSPS) is 18.0. The van der Waals surface area contributed by atoms with E-state index < -0.39 is 12.7 Å². The Kier molecular flexibility index (Phi) is 6.84. The van der Waals surface area contributed by atoms with Gasteiger partial charge in [0.25, 0.3) is 5.91 Å². The summed E-state index contributed by atoms with van der Waals surface area (Å²) in [6.45, 7) is 1.51. The average Bonchev–Trinajstić information content (AvgIpc) is 3.21. The number of anilines is 3. The third-order valence-corrected chi connectivity index (χ3v) is 5.29. The number of fused-ring (bicyclic) bond motifs is 1.